The van der Waals surface area contributed by atoms with Crippen LogP contribution in [0, 0.1) is 0 Å². The summed E-state index contributed by atoms with van der Waals surface area (Å²) in [5, 5.41) is 10.2. The molecule has 5 heteroatoms. The number of rotatable bonds is 8. The van der Waals surface area contributed by atoms with Crippen LogP contribution in [0.3, 0.4) is 0 Å². The fourth-order valence-electron chi connectivity index (χ4n) is 1.80. The fraction of sp³-hybridized carbons (Fsp3) is 0.571. The molecule has 0 bridgehead atoms. The maximum absolute atomic E-state index is 9.55. The molecule has 0 aliphatic carbocycles. The molecule has 1 aromatic rings. The molecule has 1 atom stereocenters. The molecule has 1 rings (SSSR count). The Morgan fingerprint density at radius 3 is 2.21 bits per heavy atom. The van der Waals surface area contributed by atoms with E-state index in [0.717, 1.165) is 24.3 Å². The summed E-state index contributed by atoms with van der Waals surface area (Å²) in [7, 11) is 3.35. The summed E-state index contributed by atoms with van der Waals surface area (Å²) in [6.07, 6.45) is -0.516. The summed E-state index contributed by atoms with van der Waals surface area (Å²) < 4.78 is 10.2. The number of ether oxygens (including phenoxy) is 2. The lowest BCUT2D eigenvalue weighted by Gasteiger charge is -2.25. The van der Waals surface area contributed by atoms with Crippen LogP contribution in [-0.4, -0.2) is 45.6 Å². The fourth-order valence-corrected chi connectivity index (χ4v) is 2.10. The third-order valence-electron chi connectivity index (χ3n) is 2.93. The van der Waals surface area contributed by atoms with Crippen molar-refractivity contribution in [3.05, 3.63) is 28.8 Å². The first-order valence-electron chi connectivity index (χ1n) is 6.30. The van der Waals surface area contributed by atoms with Crippen LogP contribution in [0.25, 0.3) is 0 Å². The van der Waals surface area contributed by atoms with Crippen LogP contribution in [0.5, 0.6) is 0 Å². The van der Waals surface area contributed by atoms with Crippen molar-refractivity contribution in [3.8, 4) is 0 Å². The molecule has 108 valence electrons. The van der Waals surface area contributed by atoms with Gasteiger partial charge in [0.05, 0.1) is 30.0 Å². The molecule has 0 amide bonds. The average Bonchev–Trinajstić information content (AvgIpc) is 2.39. The number of aliphatic hydroxyl groups excluding tert-OH is 1. The Labute approximate surface area is 119 Å². The molecule has 19 heavy (non-hydrogen) atoms. The van der Waals surface area contributed by atoms with Crippen LogP contribution in [0.15, 0.2) is 18.2 Å². The van der Waals surface area contributed by atoms with Crippen molar-refractivity contribution in [3.63, 3.8) is 0 Å². The van der Waals surface area contributed by atoms with Gasteiger partial charge in [0.25, 0.3) is 0 Å². The second kappa shape index (κ2) is 8.38. The molecule has 0 aliphatic heterocycles. The van der Waals surface area contributed by atoms with Crippen LogP contribution in [-0.2, 0) is 9.47 Å². The van der Waals surface area contributed by atoms with Gasteiger partial charge in [0.2, 0.25) is 0 Å². The molecule has 0 heterocycles. The van der Waals surface area contributed by atoms with Gasteiger partial charge in [-0.2, -0.15) is 0 Å². The second-order valence-electron chi connectivity index (χ2n) is 4.36. The second-order valence-corrected chi connectivity index (χ2v) is 4.77. The molecule has 0 spiro atoms. The van der Waals surface area contributed by atoms with Crippen LogP contribution in [0.2, 0.25) is 5.02 Å². The Bertz CT molecular complexity index is 377. The zero-order chi connectivity index (χ0) is 14.3. The van der Waals surface area contributed by atoms with Gasteiger partial charge in [-0.3, -0.25) is 0 Å². The molecular weight excluding hydrogens is 266 g/mol. The first kappa shape index (κ1) is 16.2. The smallest absolute Gasteiger partial charge is 0.0762 e. The van der Waals surface area contributed by atoms with Crippen LogP contribution in [0.4, 0.5) is 5.69 Å². The molecule has 0 saturated carbocycles. The van der Waals surface area contributed by atoms with E-state index in [1.165, 1.54) is 0 Å². The summed E-state index contributed by atoms with van der Waals surface area (Å²) in [6, 6.07) is 5.61. The molecule has 4 nitrogen and oxygen atoms in total. The lowest BCUT2D eigenvalue weighted by molar-refractivity contribution is 0.190. The molecule has 1 N–H and O–H groups in total. The number of nitrogens with zero attached hydrogens (tertiary/aromatic N) is 1. The van der Waals surface area contributed by atoms with Gasteiger partial charge in [0, 0.05) is 27.3 Å². The highest BCUT2D eigenvalue weighted by molar-refractivity contribution is 6.33. The van der Waals surface area contributed by atoms with E-state index in [4.69, 9.17) is 21.1 Å². The van der Waals surface area contributed by atoms with Crippen LogP contribution < -0.4 is 4.90 Å². The zero-order valence-electron chi connectivity index (χ0n) is 11.7. The third-order valence-corrected chi connectivity index (χ3v) is 3.23. The first-order valence-corrected chi connectivity index (χ1v) is 6.68. The van der Waals surface area contributed by atoms with Gasteiger partial charge in [-0.05, 0) is 24.6 Å². The van der Waals surface area contributed by atoms with Crippen molar-refractivity contribution in [1.82, 2.24) is 0 Å². The Morgan fingerprint density at radius 1 is 1.21 bits per heavy atom. The zero-order valence-corrected chi connectivity index (χ0v) is 12.5. The van der Waals surface area contributed by atoms with E-state index in [1.54, 1.807) is 27.2 Å². The Morgan fingerprint density at radius 2 is 1.79 bits per heavy atom. The minimum absolute atomic E-state index is 0.516. The summed E-state index contributed by atoms with van der Waals surface area (Å²) in [5.41, 5.74) is 1.74. The first-order chi connectivity index (χ1) is 9.10. The number of benzene rings is 1. The molecular formula is C14H22ClNO3. The molecule has 0 aliphatic rings. The van der Waals surface area contributed by atoms with Crippen molar-refractivity contribution in [2.45, 2.75) is 13.0 Å². The van der Waals surface area contributed by atoms with E-state index in [2.05, 4.69) is 4.90 Å². The van der Waals surface area contributed by atoms with E-state index in [0.29, 0.717) is 18.2 Å². The van der Waals surface area contributed by atoms with Crippen LogP contribution >= 0.6 is 11.6 Å². The predicted molar refractivity (Wildman–Crippen MR) is 78.1 cm³/mol. The van der Waals surface area contributed by atoms with Gasteiger partial charge in [-0.1, -0.05) is 17.7 Å². The minimum atomic E-state index is -0.516. The Balaban J connectivity index is 2.87. The lowest BCUT2D eigenvalue weighted by atomic mass is 10.1. The number of halogens is 1. The lowest BCUT2D eigenvalue weighted by Crippen LogP contribution is -2.30. The maximum Gasteiger partial charge on any atom is 0.0762 e. The van der Waals surface area contributed by atoms with Gasteiger partial charge < -0.3 is 19.5 Å². The standard InChI is InChI=1S/C14H22ClNO3/c1-11(17)12-4-5-14(13(15)10-12)16(6-8-18-2)7-9-19-3/h4-5,10-11,17H,6-9H2,1-3H3/t11-/m1/s1. The van der Waals surface area contributed by atoms with Gasteiger partial charge in [-0.15, -0.1) is 0 Å². The van der Waals surface area contributed by atoms with Crippen molar-refractivity contribution in [2.75, 3.05) is 45.4 Å². The Kier molecular flexibility index (Phi) is 7.16. The number of hydrogen-bond donors (Lipinski definition) is 1. The summed E-state index contributed by atoms with van der Waals surface area (Å²) in [5.74, 6) is 0. The number of methoxy groups -OCH3 is 2. The highest BCUT2D eigenvalue weighted by Crippen LogP contribution is 2.28. The quantitative estimate of drug-likeness (QED) is 0.798. The topological polar surface area (TPSA) is 41.9 Å². The van der Waals surface area contributed by atoms with E-state index in [1.807, 2.05) is 12.1 Å². The number of aliphatic hydroxyl groups is 1. The van der Waals surface area contributed by atoms with Gasteiger partial charge >= 0.3 is 0 Å². The van der Waals surface area contributed by atoms with Crippen LogP contribution in [0.1, 0.15) is 18.6 Å². The SMILES string of the molecule is COCCN(CCOC)c1ccc([C@@H](C)O)cc1Cl. The van der Waals surface area contributed by atoms with Crippen molar-refractivity contribution in [1.29, 1.82) is 0 Å². The van der Waals surface area contributed by atoms with Gasteiger partial charge in [-0.25, -0.2) is 0 Å². The highest BCUT2D eigenvalue weighted by atomic mass is 35.5. The van der Waals surface area contributed by atoms with Gasteiger partial charge in [0.1, 0.15) is 0 Å². The monoisotopic (exact) mass is 287 g/mol. The summed E-state index contributed by atoms with van der Waals surface area (Å²) >= 11 is 6.29. The molecule has 1 aromatic carbocycles. The molecule has 0 unspecified atom stereocenters. The molecule has 0 aromatic heterocycles. The van der Waals surface area contributed by atoms with Gasteiger partial charge in [0.15, 0.2) is 0 Å². The highest BCUT2D eigenvalue weighted by Gasteiger charge is 2.12. The van der Waals surface area contributed by atoms with Crippen molar-refractivity contribution in [2.24, 2.45) is 0 Å². The largest absolute Gasteiger partial charge is 0.389 e. The third kappa shape index (κ3) is 4.99. The summed E-state index contributed by atoms with van der Waals surface area (Å²) in [4.78, 5) is 2.11. The minimum Gasteiger partial charge on any atom is -0.389 e. The number of hydrogen-bond acceptors (Lipinski definition) is 4. The van der Waals surface area contributed by atoms with E-state index < -0.39 is 6.10 Å². The molecule has 0 radical (unpaired) electrons. The predicted octanol–water partition coefficient (Wildman–Crippen LogP) is 2.49. The number of anilines is 1. The van der Waals surface area contributed by atoms with E-state index in [9.17, 15) is 5.11 Å². The molecule has 0 fully saturated rings. The Hall–Kier alpha value is -0.810. The average molecular weight is 288 g/mol. The van der Waals surface area contributed by atoms with Crippen molar-refractivity contribution >= 4 is 17.3 Å². The normalized spacial score (nSPS) is 12.5. The molecule has 0 saturated heterocycles. The maximum atomic E-state index is 9.55. The van der Waals surface area contributed by atoms with Crippen molar-refractivity contribution < 1.29 is 14.6 Å². The van der Waals surface area contributed by atoms with E-state index in [-0.39, 0.29) is 0 Å². The summed E-state index contributed by atoms with van der Waals surface area (Å²) in [6.45, 7) is 4.45. The van der Waals surface area contributed by atoms with E-state index >= 15 is 0 Å².